The molecule has 0 aliphatic rings. The van der Waals surface area contributed by atoms with Crippen LogP contribution in [0.2, 0.25) is 0 Å². The van der Waals surface area contributed by atoms with E-state index in [-0.39, 0.29) is 0 Å². The molecule has 0 fully saturated rings. The van der Waals surface area contributed by atoms with Gasteiger partial charge in [-0.3, -0.25) is 4.68 Å². The molecule has 0 aliphatic carbocycles. The molecule has 0 N–H and O–H groups in total. The Morgan fingerprint density at radius 1 is 1.19 bits per heavy atom. The molecule has 0 saturated carbocycles. The van der Waals surface area contributed by atoms with Gasteiger partial charge in [-0.15, -0.1) is 0 Å². The summed E-state index contributed by atoms with van der Waals surface area (Å²) in [4.78, 5) is 0. The molecule has 0 amide bonds. The third kappa shape index (κ3) is 2.86. The Labute approximate surface area is 96.7 Å². The lowest BCUT2D eigenvalue weighted by Crippen LogP contribution is -1.88. The van der Waals surface area contributed by atoms with Crippen LogP contribution in [0.15, 0.2) is 36.5 Å². The summed E-state index contributed by atoms with van der Waals surface area (Å²) in [6.45, 7) is 4.00. The SMILES string of the molecule is CC.COc1cccc(-c2ccn(C)n2)c1. The smallest absolute Gasteiger partial charge is 0.119 e. The second-order valence-electron chi connectivity index (χ2n) is 3.11. The number of rotatable bonds is 2. The molecule has 1 aromatic heterocycles. The molecule has 0 unspecified atom stereocenters. The molecule has 0 saturated heterocycles. The summed E-state index contributed by atoms with van der Waals surface area (Å²) in [5, 5.41) is 4.32. The first-order chi connectivity index (χ1) is 7.79. The Morgan fingerprint density at radius 2 is 1.94 bits per heavy atom. The number of aryl methyl sites for hydroxylation is 1. The molecular weight excluding hydrogens is 200 g/mol. The maximum Gasteiger partial charge on any atom is 0.119 e. The monoisotopic (exact) mass is 218 g/mol. The van der Waals surface area contributed by atoms with Crippen LogP contribution in [0, 0.1) is 0 Å². The zero-order chi connectivity index (χ0) is 12.0. The summed E-state index contributed by atoms with van der Waals surface area (Å²) in [7, 11) is 3.57. The van der Waals surface area contributed by atoms with Gasteiger partial charge in [-0.1, -0.05) is 26.0 Å². The van der Waals surface area contributed by atoms with Gasteiger partial charge < -0.3 is 4.74 Å². The van der Waals surface area contributed by atoms with Crippen molar-refractivity contribution in [3.8, 4) is 17.0 Å². The molecule has 2 rings (SSSR count). The zero-order valence-corrected chi connectivity index (χ0v) is 10.3. The van der Waals surface area contributed by atoms with Crippen LogP contribution in [-0.2, 0) is 7.05 Å². The number of ether oxygens (including phenoxy) is 1. The number of nitrogens with zero attached hydrogens (tertiary/aromatic N) is 2. The quantitative estimate of drug-likeness (QED) is 0.774. The predicted molar refractivity (Wildman–Crippen MR) is 66.5 cm³/mol. The minimum Gasteiger partial charge on any atom is -0.497 e. The summed E-state index contributed by atoms with van der Waals surface area (Å²) in [5.41, 5.74) is 2.04. The lowest BCUT2D eigenvalue weighted by Gasteiger charge is -2.01. The first-order valence-electron chi connectivity index (χ1n) is 5.43. The van der Waals surface area contributed by atoms with E-state index in [1.165, 1.54) is 0 Å². The van der Waals surface area contributed by atoms with Gasteiger partial charge in [0.1, 0.15) is 5.75 Å². The highest BCUT2D eigenvalue weighted by Gasteiger charge is 2.01. The fraction of sp³-hybridized carbons (Fsp3) is 0.308. The lowest BCUT2D eigenvalue weighted by atomic mass is 10.1. The van der Waals surface area contributed by atoms with Gasteiger partial charge in [0.05, 0.1) is 12.8 Å². The van der Waals surface area contributed by atoms with E-state index in [1.54, 1.807) is 11.8 Å². The van der Waals surface area contributed by atoms with E-state index in [9.17, 15) is 0 Å². The van der Waals surface area contributed by atoms with Gasteiger partial charge in [-0.05, 0) is 18.2 Å². The molecule has 0 aliphatic heterocycles. The van der Waals surface area contributed by atoms with Crippen molar-refractivity contribution >= 4 is 0 Å². The molecule has 3 nitrogen and oxygen atoms in total. The average molecular weight is 218 g/mol. The van der Waals surface area contributed by atoms with Crippen LogP contribution < -0.4 is 4.74 Å². The standard InChI is InChI=1S/C11H12N2O.C2H6/c1-13-7-6-11(12-13)9-4-3-5-10(8-9)14-2;1-2/h3-8H,1-2H3;1-2H3. The summed E-state index contributed by atoms with van der Waals surface area (Å²) in [5.74, 6) is 0.855. The van der Waals surface area contributed by atoms with Crippen molar-refractivity contribution in [1.82, 2.24) is 9.78 Å². The van der Waals surface area contributed by atoms with E-state index in [1.807, 2.05) is 57.4 Å². The van der Waals surface area contributed by atoms with Crippen molar-refractivity contribution in [2.45, 2.75) is 13.8 Å². The van der Waals surface area contributed by atoms with Gasteiger partial charge in [0, 0.05) is 18.8 Å². The maximum absolute atomic E-state index is 5.15. The topological polar surface area (TPSA) is 27.1 Å². The molecule has 86 valence electrons. The minimum absolute atomic E-state index is 0.855. The van der Waals surface area contributed by atoms with E-state index < -0.39 is 0 Å². The van der Waals surface area contributed by atoms with Crippen molar-refractivity contribution in [1.29, 1.82) is 0 Å². The fourth-order valence-corrected chi connectivity index (χ4v) is 1.35. The molecule has 0 bridgehead atoms. The van der Waals surface area contributed by atoms with Crippen LogP contribution in [0.5, 0.6) is 5.75 Å². The predicted octanol–water partition coefficient (Wildman–Crippen LogP) is 3.12. The van der Waals surface area contributed by atoms with Gasteiger partial charge in [-0.2, -0.15) is 5.10 Å². The Morgan fingerprint density at radius 3 is 2.50 bits per heavy atom. The van der Waals surface area contributed by atoms with Crippen molar-refractivity contribution in [2.24, 2.45) is 7.05 Å². The lowest BCUT2D eigenvalue weighted by molar-refractivity contribution is 0.415. The summed E-state index contributed by atoms with van der Waals surface area (Å²) >= 11 is 0. The second kappa shape index (κ2) is 5.95. The zero-order valence-electron chi connectivity index (χ0n) is 10.3. The number of aromatic nitrogens is 2. The molecule has 2 aromatic rings. The van der Waals surface area contributed by atoms with Gasteiger partial charge in [0.15, 0.2) is 0 Å². The largest absolute Gasteiger partial charge is 0.497 e. The third-order valence-corrected chi connectivity index (χ3v) is 2.08. The van der Waals surface area contributed by atoms with E-state index in [0.717, 1.165) is 17.0 Å². The summed E-state index contributed by atoms with van der Waals surface area (Å²) < 4.78 is 6.94. The van der Waals surface area contributed by atoms with Crippen molar-refractivity contribution in [3.05, 3.63) is 36.5 Å². The molecule has 16 heavy (non-hydrogen) atoms. The number of methoxy groups -OCH3 is 1. The first-order valence-corrected chi connectivity index (χ1v) is 5.43. The normalized spacial score (nSPS) is 9.25. The number of hydrogen-bond acceptors (Lipinski definition) is 2. The molecule has 0 radical (unpaired) electrons. The molecule has 1 aromatic carbocycles. The fourth-order valence-electron chi connectivity index (χ4n) is 1.35. The van der Waals surface area contributed by atoms with Crippen molar-refractivity contribution < 1.29 is 4.74 Å². The van der Waals surface area contributed by atoms with Crippen LogP contribution in [0.4, 0.5) is 0 Å². The van der Waals surface area contributed by atoms with E-state index in [0.29, 0.717) is 0 Å². The van der Waals surface area contributed by atoms with Crippen LogP contribution >= 0.6 is 0 Å². The van der Waals surface area contributed by atoms with E-state index in [4.69, 9.17) is 4.74 Å². The molecule has 0 atom stereocenters. The van der Waals surface area contributed by atoms with Crippen molar-refractivity contribution in [3.63, 3.8) is 0 Å². The van der Waals surface area contributed by atoms with Gasteiger partial charge in [-0.25, -0.2) is 0 Å². The van der Waals surface area contributed by atoms with Crippen molar-refractivity contribution in [2.75, 3.05) is 7.11 Å². The maximum atomic E-state index is 5.15. The number of hydrogen-bond donors (Lipinski definition) is 0. The van der Waals surface area contributed by atoms with Crippen LogP contribution in [0.3, 0.4) is 0 Å². The Balaban J connectivity index is 0.000000606. The Kier molecular flexibility index (Phi) is 4.58. The first kappa shape index (κ1) is 12.3. The summed E-state index contributed by atoms with van der Waals surface area (Å²) in [6.07, 6.45) is 1.93. The third-order valence-electron chi connectivity index (χ3n) is 2.08. The molecule has 1 heterocycles. The van der Waals surface area contributed by atoms with Crippen LogP contribution in [-0.4, -0.2) is 16.9 Å². The number of benzene rings is 1. The Bertz CT molecular complexity index is 435. The summed E-state index contributed by atoms with van der Waals surface area (Å²) in [6, 6.07) is 9.86. The highest BCUT2D eigenvalue weighted by Crippen LogP contribution is 2.21. The van der Waals surface area contributed by atoms with Gasteiger partial charge in [0.2, 0.25) is 0 Å². The van der Waals surface area contributed by atoms with Gasteiger partial charge >= 0.3 is 0 Å². The van der Waals surface area contributed by atoms with Crippen LogP contribution in [0.25, 0.3) is 11.3 Å². The molecular formula is C13H18N2O. The van der Waals surface area contributed by atoms with E-state index >= 15 is 0 Å². The molecule has 3 heteroatoms. The minimum atomic E-state index is 0.855. The highest BCUT2D eigenvalue weighted by atomic mass is 16.5. The van der Waals surface area contributed by atoms with E-state index in [2.05, 4.69) is 5.10 Å². The highest BCUT2D eigenvalue weighted by molar-refractivity contribution is 5.60. The average Bonchev–Trinajstić information content (AvgIpc) is 2.79. The Hall–Kier alpha value is -1.77. The van der Waals surface area contributed by atoms with Gasteiger partial charge in [0.25, 0.3) is 0 Å². The van der Waals surface area contributed by atoms with Crippen LogP contribution in [0.1, 0.15) is 13.8 Å². The second-order valence-corrected chi connectivity index (χ2v) is 3.11. The molecule has 0 spiro atoms.